The molecular weight excluding hydrogens is 342 g/mol. The lowest BCUT2D eigenvalue weighted by atomic mass is 10.1. The molecule has 6 heteroatoms. The second-order valence-electron chi connectivity index (χ2n) is 5.55. The maximum absolute atomic E-state index is 6.14. The molecule has 0 saturated carbocycles. The highest BCUT2D eigenvalue weighted by atomic mass is 79.9. The summed E-state index contributed by atoms with van der Waals surface area (Å²) >= 11 is 9.55. The van der Waals surface area contributed by atoms with E-state index in [2.05, 4.69) is 52.2 Å². The van der Waals surface area contributed by atoms with E-state index in [9.17, 15) is 0 Å². The molecule has 1 aromatic carbocycles. The molecule has 0 saturated heterocycles. The van der Waals surface area contributed by atoms with Crippen LogP contribution >= 0.6 is 27.5 Å². The van der Waals surface area contributed by atoms with Crippen molar-refractivity contribution in [2.24, 2.45) is 0 Å². The zero-order chi connectivity index (χ0) is 14.8. The van der Waals surface area contributed by atoms with E-state index < -0.39 is 0 Å². The average molecular weight is 359 g/mol. The lowest BCUT2D eigenvalue weighted by Crippen LogP contribution is -2.37. The van der Waals surface area contributed by atoms with Crippen LogP contribution in [0.5, 0.6) is 0 Å². The Hall–Kier alpha value is -0.910. The van der Waals surface area contributed by atoms with E-state index in [1.165, 1.54) is 0 Å². The standard InChI is InChI=1S/C14H17BrClN3O/c1-14(2,3)17-7-6-12-18-19-13(20-12)10-8-9(15)4-5-11(10)16/h4-5,8,17H,6-7H2,1-3H3. The summed E-state index contributed by atoms with van der Waals surface area (Å²) in [5.74, 6) is 1.05. The molecule has 0 aliphatic carbocycles. The Labute approximate surface area is 132 Å². The van der Waals surface area contributed by atoms with Gasteiger partial charge in [0.1, 0.15) is 0 Å². The van der Waals surface area contributed by atoms with Gasteiger partial charge >= 0.3 is 0 Å². The number of rotatable bonds is 4. The molecule has 0 amide bonds. The van der Waals surface area contributed by atoms with Gasteiger partial charge in [-0.25, -0.2) is 0 Å². The fourth-order valence-corrected chi connectivity index (χ4v) is 2.23. The number of hydrogen-bond donors (Lipinski definition) is 1. The van der Waals surface area contributed by atoms with E-state index in [1.807, 2.05) is 12.1 Å². The second-order valence-corrected chi connectivity index (χ2v) is 6.87. The lowest BCUT2D eigenvalue weighted by molar-refractivity contribution is 0.412. The van der Waals surface area contributed by atoms with Crippen molar-refractivity contribution < 1.29 is 4.42 Å². The Morgan fingerprint density at radius 3 is 2.75 bits per heavy atom. The van der Waals surface area contributed by atoms with E-state index >= 15 is 0 Å². The van der Waals surface area contributed by atoms with Gasteiger partial charge in [-0.1, -0.05) is 27.5 Å². The summed E-state index contributed by atoms with van der Waals surface area (Å²) in [6.45, 7) is 7.14. The van der Waals surface area contributed by atoms with E-state index in [4.69, 9.17) is 16.0 Å². The predicted molar refractivity (Wildman–Crippen MR) is 83.9 cm³/mol. The zero-order valence-electron chi connectivity index (χ0n) is 11.7. The first-order chi connectivity index (χ1) is 9.35. The van der Waals surface area contributed by atoms with Crippen LogP contribution < -0.4 is 5.32 Å². The molecule has 0 bridgehead atoms. The quantitative estimate of drug-likeness (QED) is 0.894. The van der Waals surface area contributed by atoms with Crippen LogP contribution in [-0.4, -0.2) is 22.3 Å². The van der Waals surface area contributed by atoms with Crippen LogP contribution in [0, 0.1) is 0 Å². The summed E-state index contributed by atoms with van der Waals surface area (Å²) in [5, 5.41) is 12.1. The fourth-order valence-electron chi connectivity index (χ4n) is 1.67. The Morgan fingerprint density at radius 2 is 2.05 bits per heavy atom. The van der Waals surface area contributed by atoms with Gasteiger partial charge in [-0.15, -0.1) is 10.2 Å². The monoisotopic (exact) mass is 357 g/mol. The smallest absolute Gasteiger partial charge is 0.249 e. The fraction of sp³-hybridized carbons (Fsp3) is 0.429. The van der Waals surface area contributed by atoms with E-state index in [0.717, 1.165) is 16.6 Å². The zero-order valence-corrected chi connectivity index (χ0v) is 14.0. The SMILES string of the molecule is CC(C)(C)NCCc1nnc(-c2cc(Br)ccc2Cl)o1. The second kappa shape index (κ2) is 6.24. The van der Waals surface area contributed by atoms with Crippen molar-refractivity contribution in [3.8, 4) is 11.5 Å². The molecule has 0 fully saturated rings. The predicted octanol–water partition coefficient (Wildman–Crippen LogP) is 4.08. The van der Waals surface area contributed by atoms with Gasteiger partial charge in [0, 0.05) is 23.0 Å². The van der Waals surface area contributed by atoms with Crippen molar-refractivity contribution >= 4 is 27.5 Å². The van der Waals surface area contributed by atoms with Gasteiger partial charge in [-0.05, 0) is 39.0 Å². The molecule has 1 aromatic heterocycles. The maximum atomic E-state index is 6.14. The van der Waals surface area contributed by atoms with Crippen LogP contribution in [0.3, 0.4) is 0 Å². The van der Waals surface area contributed by atoms with Crippen molar-refractivity contribution in [3.63, 3.8) is 0 Å². The third-order valence-corrected chi connectivity index (χ3v) is 3.44. The Morgan fingerprint density at radius 1 is 1.30 bits per heavy atom. The normalized spacial score (nSPS) is 11.8. The van der Waals surface area contributed by atoms with Gasteiger partial charge in [0.15, 0.2) is 0 Å². The van der Waals surface area contributed by atoms with Gasteiger partial charge < -0.3 is 9.73 Å². The highest BCUT2D eigenvalue weighted by molar-refractivity contribution is 9.10. The molecule has 2 rings (SSSR count). The largest absolute Gasteiger partial charge is 0.421 e. The highest BCUT2D eigenvalue weighted by Gasteiger charge is 2.13. The topological polar surface area (TPSA) is 51.0 Å². The summed E-state index contributed by atoms with van der Waals surface area (Å²) in [7, 11) is 0. The lowest BCUT2D eigenvalue weighted by Gasteiger charge is -2.19. The Bertz CT molecular complexity index is 592. The van der Waals surface area contributed by atoms with Crippen LogP contribution in [0.4, 0.5) is 0 Å². The van der Waals surface area contributed by atoms with Gasteiger partial charge in [-0.3, -0.25) is 0 Å². The van der Waals surface area contributed by atoms with Crippen LogP contribution in [0.25, 0.3) is 11.5 Å². The number of nitrogens with one attached hydrogen (secondary N) is 1. The van der Waals surface area contributed by atoms with Crippen molar-refractivity contribution in [2.75, 3.05) is 6.54 Å². The van der Waals surface area contributed by atoms with E-state index in [1.54, 1.807) is 6.07 Å². The Balaban J connectivity index is 2.07. The maximum Gasteiger partial charge on any atom is 0.249 e. The number of halogens is 2. The van der Waals surface area contributed by atoms with E-state index in [0.29, 0.717) is 23.2 Å². The molecule has 108 valence electrons. The summed E-state index contributed by atoms with van der Waals surface area (Å²) < 4.78 is 6.58. The molecular formula is C14H17BrClN3O. The molecule has 0 aliphatic heterocycles. The van der Waals surface area contributed by atoms with Crippen LogP contribution in [0.2, 0.25) is 5.02 Å². The van der Waals surface area contributed by atoms with Gasteiger partial charge in [0.25, 0.3) is 0 Å². The van der Waals surface area contributed by atoms with Crippen molar-refractivity contribution in [2.45, 2.75) is 32.7 Å². The number of benzene rings is 1. The molecule has 0 spiro atoms. The molecule has 2 aromatic rings. The van der Waals surface area contributed by atoms with Crippen molar-refractivity contribution in [3.05, 3.63) is 33.6 Å². The summed E-state index contributed by atoms with van der Waals surface area (Å²) in [6.07, 6.45) is 0.690. The molecule has 1 N–H and O–H groups in total. The first kappa shape index (κ1) is 15.5. The van der Waals surface area contributed by atoms with Crippen LogP contribution in [-0.2, 0) is 6.42 Å². The van der Waals surface area contributed by atoms with Gasteiger partial charge in [0.05, 0.1) is 10.6 Å². The van der Waals surface area contributed by atoms with Crippen LogP contribution in [0.15, 0.2) is 27.1 Å². The summed E-state index contributed by atoms with van der Waals surface area (Å²) in [4.78, 5) is 0. The minimum atomic E-state index is 0.0798. The van der Waals surface area contributed by atoms with Gasteiger partial charge in [-0.2, -0.15) is 0 Å². The molecule has 1 heterocycles. The first-order valence-electron chi connectivity index (χ1n) is 6.38. The third kappa shape index (κ3) is 4.30. The minimum Gasteiger partial charge on any atom is -0.421 e. The average Bonchev–Trinajstić information content (AvgIpc) is 2.79. The molecule has 4 nitrogen and oxygen atoms in total. The number of nitrogens with zero attached hydrogens (tertiary/aromatic N) is 2. The van der Waals surface area contributed by atoms with Gasteiger partial charge in [0.2, 0.25) is 11.8 Å². The summed E-state index contributed by atoms with van der Waals surface area (Å²) in [5.41, 5.74) is 0.819. The summed E-state index contributed by atoms with van der Waals surface area (Å²) in [6, 6.07) is 5.54. The molecule has 0 radical (unpaired) electrons. The third-order valence-electron chi connectivity index (χ3n) is 2.62. The van der Waals surface area contributed by atoms with E-state index in [-0.39, 0.29) is 5.54 Å². The molecule has 0 atom stereocenters. The van der Waals surface area contributed by atoms with Crippen molar-refractivity contribution in [1.82, 2.24) is 15.5 Å². The number of hydrogen-bond acceptors (Lipinski definition) is 4. The molecule has 20 heavy (non-hydrogen) atoms. The van der Waals surface area contributed by atoms with Crippen LogP contribution in [0.1, 0.15) is 26.7 Å². The molecule has 0 aliphatic rings. The Kier molecular flexibility index (Phi) is 4.83. The van der Waals surface area contributed by atoms with Crippen molar-refractivity contribution in [1.29, 1.82) is 0 Å². The minimum absolute atomic E-state index is 0.0798. The highest BCUT2D eigenvalue weighted by Crippen LogP contribution is 2.29. The number of aromatic nitrogens is 2. The first-order valence-corrected chi connectivity index (χ1v) is 7.55. The molecule has 0 unspecified atom stereocenters.